The van der Waals surface area contributed by atoms with Crippen LogP contribution in [0.3, 0.4) is 0 Å². The molecule has 6 nitrogen and oxygen atoms in total. The Balaban J connectivity index is 2.08. The van der Waals surface area contributed by atoms with E-state index < -0.39 is 0 Å². The Hall–Kier alpha value is -2.18. The molecule has 2 aromatic rings. The van der Waals surface area contributed by atoms with Gasteiger partial charge < -0.3 is 5.11 Å². The van der Waals surface area contributed by atoms with Gasteiger partial charge in [0.15, 0.2) is 0 Å². The first-order chi connectivity index (χ1) is 11.1. The molecule has 0 aliphatic carbocycles. The molecule has 0 amide bonds. The maximum absolute atomic E-state index is 12.7. The highest BCUT2D eigenvalue weighted by Crippen LogP contribution is 2.27. The number of aromatic nitrogens is 2. The van der Waals surface area contributed by atoms with E-state index in [1.54, 1.807) is 4.57 Å². The number of fused-ring (bicyclic) bond motifs is 1. The molecule has 0 saturated heterocycles. The highest BCUT2D eigenvalue weighted by molar-refractivity contribution is 5.58. The molecule has 23 heavy (non-hydrogen) atoms. The van der Waals surface area contributed by atoms with Crippen LogP contribution in [0.25, 0.3) is 0 Å². The number of anilines is 2. The molecule has 2 heterocycles. The highest BCUT2D eigenvalue weighted by Gasteiger charge is 2.26. The summed E-state index contributed by atoms with van der Waals surface area (Å²) >= 11 is 0. The molecule has 1 aromatic heterocycles. The molecule has 0 saturated carbocycles. The van der Waals surface area contributed by atoms with Crippen LogP contribution in [0.2, 0.25) is 0 Å². The quantitative estimate of drug-likeness (QED) is 0.929. The second-order valence-electron chi connectivity index (χ2n) is 5.87. The molecule has 0 fully saturated rings. The van der Waals surface area contributed by atoms with Crippen LogP contribution in [0.5, 0.6) is 0 Å². The van der Waals surface area contributed by atoms with Crippen molar-refractivity contribution in [2.24, 2.45) is 0 Å². The average Bonchev–Trinajstić information content (AvgIpc) is 2.58. The van der Waals surface area contributed by atoms with Gasteiger partial charge in [0.25, 0.3) is 5.56 Å². The monoisotopic (exact) mass is 314 g/mol. The summed E-state index contributed by atoms with van der Waals surface area (Å²) in [6, 6.07) is 9.96. The van der Waals surface area contributed by atoms with E-state index in [0.717, 1.165) is 17.9 Å². The Kier molecular flexibility index (Phi) is 4.45. The van der Waals surface area contributed by atoms with Gasteiger partial charge in [-0.05, 0) is 32.4 Å². The van der Waals surface area contributed by atoms with Crippen molar-refractivity contribution in [3.05, 3.63) is 51.9 Å². The minimum atomic E-state index is 0.00197. The number of rotatable bonds is 4. The number of aryl methyl sites for hydroxylation is 1. The summed E-state index contributed by atoms with van der Waals surface area (Å²) in [5.41, 5.74) is 2.46. The van der Waals surface area contributed by atoms with E-state index >= 15 is 0 Å². The lowest BCUT2D eigenvalue weighted by atomic mass is 10.2. The van der Waals surface area contributed by atoms with Gasteiger partial charge in [0, 0.05) is 30.1 Å². The van der Waals surface area contributed by atoms with Crippen LogP contribution in [-0.4, -0.2) is 39.4 Å². The standard InChI is InChI=1S/C17H22N4O2/c1-13-14(2)18-17-20(15-7-4-3-5-8-15)11-19(9-6-10-22)12-21(17)16(13)23/h3-5,7-8,22H,6,9-12H2,1-2H3. The van der Waals surface area contributed by atoms with E-state index in [-0.39, 0.29) is 12.2 Å². The predicted molar refractivity (Wildman–Crippen MR) is 89.8 cm³/mol. The first-order valence-corrected chi connectivity index (χ1v) is 7.85. The molecule has 122 valence electrons. The third-order valence-corrected chi connectivity index (χ3v) is 4.24. The number of aliphatic hydroxyl groups is 1. The molecule has 0 atom stereocenters. The van der Waals surface area contributed by atoms with Gasteiger partial charge in [-0.3, -0.25) is 19.2 Å². The number of para-hydroxylation sites is 1. The number of aliphatic hydroxyl groups excluding tert-OH is 1. The molecule has 3 rings (SSSR count). The zero-order valence-corrected chi connectivity index (χ0v) is 13.6. The molecule has 0 spiro atoms. The van der Waals surface area contributed by atoms with Gasteiger partial charge in [0.1, 0.15) is 0 Å². The fraction of sp³-hybridized carbons (Fsp3) is 0.412. The minimum absolute atomic E-state index is 0.00197. The van der Waals surface area contributed by atoms with Crippen molar-refractivity contribution < 1.29 is 5.11 Å². The number of hydrogen-bond acceptors (Lipinski definition) is 5. The molecule has 0 bridgehead atoms. The molecule has 0 radical (unpaired) electrons. The van der Waals surface area contributed by atoms with Crippen LogP contribution >= 0.6 is 0 Å². The summed E-state index contributed by atoms with van der Waals surface area (Å²) in [5.74, 6) is 0.685. The Labute approximate surface area is 135 Å². The van der Waals surface area contributed by atoms with Gasteiger partial charge in [0.05, 0.1) is 13.3 Å². The van der Waals surface area contributed by atoms with Crippen molar-refractivity contribution >= 4 is 11.6 Å². The maximum Gasteiger partial charge on any atom is 0.259 e. The first-order valence-electron chi connectivity index (χ1n) is 7.85. The van der Waals surface area contributed by atoms with Crippen molar-refractivity contribution in [3.63, 3.8) is 0 Å². The SMILES string of the molecule is Cc1nc2n(c(=O)c1C)CN(CCCO)CN2c1ccccc1. The zero-order chi connectivity index (χ0) is 16.4. The third kappa shape index (κ3) is 3.00. The smallest absolute Gasteiger partial charge is 0.259 e. The molecular weight excluding hydrogens is 292 g/mol. The lowest BCUT2D eigenvalue weighted by Gasteiger charge is -2.38. The second kappa shape index (κ2) is 6.52. The summed E-state index contributed by atoms with van der Waals surface area (Å²) in [6.45, 7) is 5.73. The third-order valence-electron chi connectivity index (χ3n) is 4.24. The van der Waals surface area contributed by atoms with Gasteiger partial charge in [-0.15, -0.1) is 0 Å². The minimum Gasteiger partial charge on any atom is -0.396 e. The molecule has 1 aliphatic rings. The number of benzene rings is 1. The van der Waals surface area contributed by atoms with Crippen molar-refractivity contribution in [1.82, 2.24) is 14.5 Å². The van der Waals surface area contributed by atoms with Gasteiger partial charge in [-0.2, -0.15) is 0 Å². The molecule has 1 aromatic carbocycles. The van der Waals surface area contributed by atoms with Crippen LogP contribution in [0.4, 0.5) is 11.6 Å². The maximum atomic E-state index is 12.7. The second-order valence-corrected chi connectivity index (χ2v) is 5.87. The van der Waals surface area contributed by atoms with E-state index in [4.69, 9.17) is 5.11 Å². The number of hydrogen-bond donors (Lipinski definition) is 1. The van der Waals surface area contributed by atoms with Gasteiger partial charge >= 0.3 is 0 Å². The van der Waals surface area contributed by atoms with Crippen molar-refractivity contribution in [1.29, 1.82) is 0 Å². The summed E-state index contributed by atoms with van der Waals surface area (Å²) in [4.78, 5) is 21.5. The number of nitrogens with zero attached hydrogens (tertiary/aromatic N) is 4. The average molecular weight is 314 g/mol. The largest absolute Gasteiger partial charge is 0.396 e. The summed E-state index contributed by atoms with van der Waals surface area (Å²) in [7, 11) is 0. The van der Waals surface area contributed by atoms with Gasteiger partial charge in [0.2, 0.25) is 5.95 Å². The lowest BCUT2D eigenvalue weighted by Crippen LogP contribution is -2.48. The van der Waals surface area contributed by atoms with Crippen molar-refractivity contribution in [2.45, 2.75) is 26.9 Å². The van der Waals surface area contributed by atoms with E-state index in [0.29, 0.717) is 31.3 Å². The van der Waals surface area contributed by atoms with Gasteiger partial charge in [-0.1, -0.05) is 18.2 Å². The fourth-order valence-corrected chi connectivity index (χ4v) is 2.82. The van der Waals surface area contributed by atoms with Crippen molar-refractivity contribution in [2.75, 3.05) is 24.7 Å². The highest BCUT2D eigenvalue weighted by atomic mass is 16.3. The van der Waals surface area contributed by atoms with Crippen LogP contribution in [-0.2, 0) is 6.67 Å². The fourth-order valence-electron chi connectivity index (χ4n) is 2.82. The Bertz CT molecular complexity index is 742. The Morgan fingerprint density at radius 3 is 2.61 bits per heavy atom. The summed E-state index contributed by atoms with van der Waals surface area (Å²) in [6.07, 6.45) is 0.686. The molecular formula is C17H22N4O2. The summed E-state index contributed by atoms with van der Waals surface area (Å²) < 4.78 is 1.72. The van der Waals surface area contributed by atoms with Gasteiger partial charge in [-0.25, -0.2) is 4.98 Å². The Morgan fingerprint density at radius 2 is 1.91 bits per heavy atom. The van der Waals surface area contributed by atoms with E-state index in [9.17, 15) is 4.79 Å². The zero-order valence-electron chi connectivity index (χ0n) is 13.6. The van der Waals surface area contributed by atoms with E-state index in [1.165, 1.54) is 0 Å². The van der Waals surface area contributed by atoms with Crippen LogP contribution in [0.1, 0.15) is 17.7 Å². The van der Waals surface area contributed by atoms with Crippen LogP contribution < -0.4 is 10.5 Å². The van der Waals surface area contributed by atoms with E-state index in [2.05, 4.69) is 14.8 Å². The van der Waals surface area contributed by atoms with E-state index in [1.807, 2.05) is 44.2 Å². The molecule has 1 aliphatic heterocycles. The normalized spacial score (nSPS) is 14.8. The summed E-state index contributed by atoms with van der Waals surface area (Å²) in [5, 5.41) is 9.09. The topological polar surface area (TPSA) is 61.6 Å². The predicted octanol–water partition coefficient (Wildman–Crippen LogP) is 1.61. The van der Waals surface area contributed by atoms with Crippen LogP contribution in [0, 0.1) is 13.8 Å². The lowest BCUT2D eigenvalue weighted by molar-refractivity contribution is 0.175. The first kappa shape index (κ1) is 15.7. The Morgan fingerprint density at radius 1 is 1.17 bits per heavy atom. The molecule has 0 unspecified atom stereocenters. The molecule has 1 N–H and O–H groups in total. The molecule has 6 heteroatoms. The van der Waals surface area contributed by atoms with Crippen LogP contribution in [0.15, 0.2) is 35.1 Å². The van der Waals surface area contributed by atoms with Crippen molar-refractivity contribution in [3.8, 4) is 0 Å².